The lowest BCUT2D eigenvalue weighted by molar-refractivity contribution is -0.126. The van der Waals surface area contributed by atoms with E-state index in [2.05, 4.69) is 25.2 Å². The zero-order valence-electron chi connectivity index (χ0n) is 15.9. The zero-order chi connectivity index (χ0) is 19.8. The molecule has 2 aliphatic rings. The topological polar surface area (TPSA) is 98.5 Å². The van der Waals surface area contributed by atoms with Crippen LogP contribution in [0.3, 0.4) is 0 Å². The van der Waals surface area contributed by atoms with E-state index in [4.69, 9.17) is 9.47 Å². The Bertz CT molecular complexity index is 1100. The Hall–Kier alpha value is -3.69. The molecule has 0 radical (unpaired) electrons. The highest BCUT2D eigenvalue weighted by Crippen LogP contribution is 2.32. The van der Waals surface area contributed by atoms with Gasteiger partial charge in [0.15, 0.2) is 28.5 Å². The number of carbonyl (C=O) groups excluding carboxylic acids is 1. The Kier molecular flexibility index (Phi) is 4.23. The Morgan fingerprint density at radius 1 is 1.10 bits per heavy atom. The van der Waals surface area contributed by atoms with Gasteiger partial charge >= 0.3 is 0 Å². The average Bonchev–Trinajstić information content (AvgIpc) is 3.38. The van der Waals surface area contributed by atoms with Gasteiger partial charge in [0, 0.05) is 39.3 Å². The summed E-state index contributed by atoms with van der Waals surface area (Å²) >= 11 is 0. The molecule has 1 fully saturated rings. The first kappa shape index (κ1) is 17.4. The lowest BCUT2D eigenvalue weighted by atomic mass is 10.2. The molecule has 0 N–H and O–H groups in total. The van der Waals surface area contributed by atoms with Crippen LogP contribution in [-0.4, -0.2) is 68.7 Å². The lowest BCUT2D eigenvalue weighted by Crippen LogP contribution is -2.48. The van der Waals surface area contributed by atoms with Crippen molar-refractivity contribution in [3.05, 3.63) is 36.2 Å². The third-order valence-corrected chi connectivity index (χ3v) is 5.07. The maximum Gasteiger partial charge on any atom is 0.246 e. The van der Waals surface area contributed by atoms with E-state index in [0.717, 1.165) is 17.1 Å². The first-order valence-electron chi connectivity index (χ1n) is 9.31. The summed E-state index contributed by atoms with van der Waals surface area (Å²) in [6.45, 7) is 2.80. The van der Waals surface area contributed by atoms with E-state index < -0.39 is 0 Å². The van der Waals surface area contributed by atoms with Crippen molar-refractivity contribution in [2.75, 3.05) is 37.9 Å². The minimum atomic E-state index is -0.0188. The minimum absolute atomic E-state index is 0.0188. The molecule has 0 aliphatic carbocycles. The summed E-state index contributed by atoms with van der Waals surface area (Å²) in [6.07, 6.45) is 4.91. The number of carbonyl (C=O) groups is 1. The second-order valence-electron chi connectivity index (χ2n) is 6.84. The van der Waals surface area contributed by atoms with Gasteiger partial charge in [-0.15, -0.1) is 5.10 Å². The Morgan fingerprint density at radius 3 is 2.79 bits per heavy atom. The summed E-state index contributed by atoms with van der Waals surface area (Å²) < 4.78 is 12.3. The molecular formula is C19H19N7O3. The van der Waals surface area contributed by atoms with E-state index in [1.807, 2.05) is 23.1 Å². The molecule has 2 aliphatic heterocycles. The fraction of sp³-hybridized carbons (Fsp3) is 0.316. The molecule has 10 heteroatoms. The molecule has 4 heterocycles. The normalized spacial score (nSPS) is 16.2. The van der Waals surface area contributed by atoms with Crippen LogP contribution in [0.5, 0.6) is 11.5 Å². The number of fused-ring (bicyclic) bond motifs is 2. The first-order valence-corrected chi connectivity index (χ1v) is 9.31. The van der Waals surface area contributed by atoms with Gasteiger partial charge in [-0.3, -0.25) is 4.79 Å². The summed E-state index contributed by atoms with van der Waals surface area (Å²) in [5.41, 5.74) is 2.27. The third-order valence-electron chi connectivity index (χ3n) is 5.07. The number of hydrogen-bond acceptors (Lipinski definition) is 8. The minimum Gasteiger partial charge on any atom is -0.454 e. The molecule has 148 valence electrons. The molecule has 0 atom stereocenters. The van der Waals surface area contributed by atoms with Gasteiger partial charge in [-0.25, -0.2) is 14.6 Å². The molecule has 0 unspecified atom stereocenters. The van der Waals surface area contributed by atoms with Crippen LogP contribution in [-0.2, 0) is 11.8 Å². The Morgan fingerprint density at radius 2 is 1.93 bits per heavy atom. The summed E-state index contributed by atoms with van der Waals surface area (Å²) in [7, 11) is 1.80. The SMILES string of the molecule is Cn1nnc2c(N3CCN(C(=O)/C=C/c4ccc5c(c4)OCO5)CC3)ncnc21. The Labute approximate surface area is 166 Å². The Balaban J connectivity index is 1.24. The summed E-state index contributed by atoms with van der Waals surface area (Å²) in [5, 5.41) is 8.19. The summed E-state index contributed by atoms with van der Waals surface area (Å²) in [5.74, 6) is 2.17. The van der Waals surface area contributed by atoms with Gasteiger partial charge in [-0.2, -0.15) is 0 Å². The van der Waals surface area contributed by atoms with Crippen molar-refractivity contribution in [3.63, 3.8) is 0 Å². The molecule has 5 rings (SSSR count). The number of anilines is 1. The third kappa shape index (κ3) is 3.22. The number of aromatic nitrogens is 5. The smallest absolute Gasteiger partial charge is 0.246 e. The quantitative estimate of drug-likeness (QED) is 0.604. The van der Waals surface area contributed by atoms with Crippen LogP contribution in [0.2, 0.25) is 0 Å². The lowest BCUT2D eigenvalue weighted by Gasteiger charge is -2.34. The second kappa shape index (κ2) is 7.04. The number of benzene rings is 1. The van der Waals surface area contributed by atoms with Crippen LogP contribution in [0.4, 0.5) is 5.82 Å². The monoisotopic (exact) mass is 393 g/mol. The molecule has 3 aromatic rings. The van der Waals surface area contributed by atoms with Crippen LogP contribution >= 0.6 is 0 Å². The molecule has 1 saturated heterocycles. The number of nitrogens with zero attached hydrogens (tertiary/aromatic N) is 7. The number of amides is 1. The molecule has 1 aromatic carbocycles. The molecule has 10 nitrogen and oxygen atoms in total. The highest BCUT2D eigenvalue weighted by Gasteiger charge is 2.23. The van der Waals surface area contributed by atoms with Gasteiger partial charge < -0.3 is 19.3 Å². The zero-order valence-corrected chi connectivity index (χ0v) is 15.9. The largest absolute Gasteiger partial charge is 0.454 e. The van der Waals surface area contributed by atoms with Gasteiger partial charge in [-0.1, -0.05) is 11.3 Å². The van der Waals surface area contributed by atoms with Gasteiger partial charge in [0.2, 0.25) is 12.7 Å². The number of ether oxygens (including phenoxy) is 2. The maximum atomic E-state index is 12.6. The summed E-state index contributed by atoms with van der Waals surface area (Å²) in [4.78, 5) is 25.1. The van der Waals surface area contributed by atoms with Crippen molar-refractivity contribution in [1.82, 2.24) is 29.9 Å². The molecule has 1 amide bonds. The highest BCUT2D eigenvalue weighted by molar-refractivity contribution is 5.92. The van der Waals surface area contributed by atoms with Crippen molar-refractivity contribution < 1.29 is 14.3 Å². The van der Waals surface area contributed by atoms with Crippen LogP contribution in [0.15, 0.2) is 30.6 Å². The first-order chi connectivity index (χ1) is 14.2. The van der Waals surface area contributed by atoms with E-state index in [1.54, 1.807) is 23.9 Å². The van der Waals surface area contributed by atoms with Crippen LogP contribution in [0.1, 0.15) is 5.56 Å². The van der Waals surface area contributed by atoms with Crippen molar-refractivity contribution >= 4 is 29.0 Å². The number of aryl methyl sites for hydroxylation is 1. The molecule has 0 bridgehead atoms. The van der Waals surface area contributed by atoms with E-state index in [1.165, 1.54) is 6.33 Å². The van der Waals surface area contributed by atoms with Crippen LogP contribution < -0.4 is 14.4 Å². The van der Waals surface area contributed by atoms with Gasteiger partial charge in [0.1, 0.15) is 6.33 Å². The van der Waals surface area contributed by atoms with E-state index in [9.17, 15) is 4.79 Å². The molecule has 29 heavy (non-hydrogen) atoms. The average molecular weight is 393 g/mol. The van der Waals surface area contributed by atoms with Gasteiger partial charge in [0.25, 0.3) is 0 Å². The van der Waals surface area contributed by atoms with Crippen molar-refractivity contribution in [3.8, 4) is 11.5 Å². The number of rotatable bonds is 3. The van der Waals surface area contributed by atoms with Crippen molar-refractivity contribution in [2.45, 2.75) is 0 Å². The molecular weight excluding hydrogens is 374 g/mol. The van der Waals surface area contributed by atoms with Crippen LogP contribution in [0.25, 0.3) is 17.2 Å². The summed E-state index contributed by atoms with van der Waals surface area (Å²) in [6, 6.07) is 5.61. The number of piperazine rings is 1. The van der Waals surface area contributed by atoms with E-state index in [-0.39, 0.29) is 12.7 Å². The predicted octanol–water partition coefficient (Wildman–Crippen LogP) is 0.849. The highest BCUT2D eigenvalue weighted by atomic mass is 16.7. The molecule has 0 saturated carbocycles. The van der Waals surface area contributed by atoms with Crippen molar-refractivity contribution in [2.24, 2.45) is 7.05 Å². The predicted molar refractivity (Wildman–Crippen MR) is 104 cm³/mol. The number of hydrogen-bond donors (Lipinski definition) is 0. The fourth-order valence-electron chi connectivity index (χ4n) is 3.50. The van der Waals surface area contributed by atoms with Crippen molar-refractivity contribution in [1.29, 1.82) is 0 Å². The molecule has 2 aromatic heterocycles. The van der Waals surface area contributed by atoms with Gasteiger partial charge in [0.05, 0.1) is 0 Å². The maximum absolute atomic E-state index is 12.6. The van der Waals surface area contributed by atoms with E-state index >= 15 is 0 Å². The standard InChI is InChI=1S/C19H19N7O3/c1-24-18-17(22-23-24)19(21-11-20-18)26-8-6-25(7-9-26)16(27)5-3-13-2-4-14-15(10-13)29-12-28-14/h2-5,10-11H,6-9,12H2,1H3/b5-3+. The van der Waals surface area contributed by atoms with E-state index in [0.29, 0.717) is 43.1 Å². The molecule has 0 spiro atoms. The second-order valence-corrected chi connectivity index (χ2v) is 6.84. The van der Waals surface area contributed by atoms with Crippen LogP contribution in [0, 0.1) is 0 Å². The van der Waals surface area contributed by atoms with Gasteiger partial charge in [-0.05, 0) is 23.8 Å². The fourth-order valence-corrected chi connectivity index (χ4v) is 3.50.